The van der Waals surface area contributed by atoms with Crippen LogP contribution in [-0.2, 0) is 6.42 Å². The Labute approximate surface area is 138 Å². The predicted molar refractivity (Wildman–Crippen MR) is 89.9 cm³/mol. The van der Waals surface area contributed by atoms with Gasteiger partial charge in [0.1, 0.15) is 0 Å². The van der Waals surface area contributed by atoms with E-state index in [0.717, 1.165) is 28.9 Å². The van der Waals surface area contributed by atoms with E-state index in [4.69, 9.17) is 4.74 Å². The predicted octanol–water partition coefficient (Wildman–Crippen LogP) is 3.36. The van der Waals surface area contributed by atoms with Crippen molar-refractivity contribution in [1.29, 1.82) is 0 Å². The van der Waals surface area contributed by atoms with Crippen molar-refractivity contribution in [3.05, 3.63) is 53.3 Å². The van der Waals surface area contributed by atoms with Crippen LogP contribution in [0, 0.1) is 5.82 Å². The first-order valence-corrected chi connectivity index (χ1v) is 7.73. The fourth-order valence-corrected chi connectivity index (χ4v) is 3.19. The molecule has 2 aliphatic rings. The van der Waals surface area contributed by atoms with Crippen LogP contribution >= 0.6 is 0 Å². The minimum Gasteiger partial charge on any atom is -0.494 e. The van der Waals surface area contributed by atoms with Crippen molar-refractivity contribution in [2.24, 2.45) is 4.99 Å². The van der Waals surface area contributed by atoms with Gasteiger partial charge in [0.25, 0.3) is 0 Å². The number of benzene rings is 2. The second-order valence-electron chi connectivity index (χ2n) is 5.79. The third kappa shape index (κ3) is 2.31. The average molecular weight is 325 g/mol. The molecular weight excluding hydrogens is 309 g/mol. The van der Waals surface area contributed by atoms with E-state index in [-0.39, 0.29) is 17.8 Å². The lowest BCUT2D eigenvalue weighted by Gasteiger charge is -2.24. The zero-order valence-electron chi connectivity index (χ0n) is 13.1. The van der Waals surface area contributed by atoms with Gasteiger partial charge in [0.15, 0.2) is 11.6 Å². The SMILES string of the molecule is COc1cc(C2CNC(=O)N2c2ccc3c(c2)N=CC3)ccc1F. The molecule has 1 unspecified atom stereocenters. The molecule has 1 fully saturated rings. The second kappa shape index (κ2) is 5.63. The standard InChI is InChI=1S/C18H16FN3O2/c1-24-17-8-12(3-5-14(17)19)16-10-21-18(23)22(16)13-4-2-11-6-7-20-15(11)9-13/h2-5,7-9,16H,6,10H2,1H3,(H,21,23). The van der Waals surface area contributed by atoms with Crippen LogP contribution in [0.25, 0.3) is 0 Å². The second-order valence-corrected chi connectivity index (χ2v) is 5.79. The summed E-state index contributed by atoms with van der Waals surface area (Å²) in [5, 5.41) is 2.85. The van der Waals surface area contributed by atoms with E-state index in [1.165, 1.54) is 13.2 Å². The fraction of sp³-hybridized carbons (Fsp3) is 0.222. The van der Waals surface area contributed by atoms with E-state index >= 15 is 0 Å². The molecule has 4 rings (SSSR count). The maximum absolute atomic E-state index is 13.7. The van der Waals surface area contributed by atoms with Crippen molar-refractivity contribution in [2.45, 2.75) is 12.5 Å². The topological polar surface area (TPSA) is 53.9 Å². The van der Waals surface area contributed by atoms with Crippen molar-refractivity contribution >= 4 is 23.6 Å². The summed E-state index contributed by atoms with van der Waals surface area (Å²) in [5.74, 6) is -0.248. The smallest absolute Gasteiger partial charge is 0.322 e. The Morgan fingerprint density at radius 3 is 3.00 bits per heavy atom. The van der Waals surface area contributed by atoms with E-state index in [0.29, 0.717) is 6.54 Å². The van der Waals surface area contributed by atoms with Gasteiger partial charge in [-0.3, -0.25) is 9.89 Å². The van der Waals surface area contributed by atoms with E-state index in [1.807, 2.05) is 24.4 Å². The lowest BCUT2D eigenvalue weighted by atomic mass is 10.0. The molecule has 0 radical (unpaired) electrons. The maximum atomic E-state index is 13.7. The van der Waals surface area contributed by atoms with Crippen LogP contribution in [0.2, 0.25) is 0 Å². The van der Waals surface area contributed by atoms with E-state index < -0.39 is 5.82 Å². The van der Waals surface area contributed by atoms with Crippen LogP contribution in [0.5, 0.6) is 5.75 Å². The number of nitrogens with zero attached hydrogens (tertiary/aromatic N) is 2. The zero-order chi connectivity index (χ0) is 16.7. The number of rotatable bonds is 3. The Bertz CT molecular complexity index is 850. The van der Waals surface area contributed by atoms with E-state index in [9.17, 15) is 9.18 Å². The van der Waals surface area contributed by atoms with Gasteiger partial charge in [-0.2, -0.15) is 0 Å². The molecule has 1 saturated heterocycles. The molecule has 0 spiro atoms. The van der Waals surface area contributed by atoms with Crippen molar-refractivity contribution in [2.75, 3.05) is 18.6 Å². The number of hydrogen-bond acceptors (Lipinski definition) is 3. The average Bonchev–Trinajstić information content (AvgIpc) is 3.21. The molecule has 1 atom stereocenters. The van der Waals surface area contributed by atoms with Crippen LogP contribution < -0.4 is 15.0 Å². The van der Waals surface area contributed by atoms with Gasteiger partial charge in [-0.25, -0.2) is 9.18 Å². The van der Waals surface area contributed by atoms with Gasteiger partial charge in [-0.05, 0) is 35.4 Å². The summed E-state index contributed by atoms with van der Waals surface area (Å²) in [4.78, 5) is 18.4. The lowest BCUT2D eigenvalue weighted by molar-refractivity contribution is 0.251. The van der Waals surface area contributed by atoms with Crippen molar-refractivity contribution in [3.8, 4) is 5.75 Å². The van der Waals surface area contributed by atoms with Gasteiger partial charge in [-0.1, -0.05) is 12.1 Å². The zero-order valence-corrected chi connectivity index (χ0v) is 13.1. The summed E-state index contributed by atoms with van der Waals surface area (Å²) in [5.41, 5.74) is 3.63. The highest BCUT2D eigenvalue weighted by Crippen LogP contribution is 2.36. The molecule has 1 N–H and O–H groups in total. The number of amides is 2. The normalized spacial score (nSPS) is 18.7. The maximum Gasteiger partial charge on any atom is 0.322 e. The molecule has 2 aromatic carbocycles. The lowest BCUT2D eigenvalue weighted by Crippen LogP contribution is -2.29. The highest BCUT2D eigenvalue weighted by molar-refractivity contribution is 5.96. The van der Waals surface area contributed by atoms with Crippen LogP contribution in [0.15, 0.2) is 41.4 Å². The fourth-order valence-electron chi connectivity index (χ4n) is 3.19. The summed E-state index contributed by atoms with van der Waals surface area (Å²) in [7, 11) is 1.43. The summed E-state index contributed by atoms with van der Waals surface area (Å²) in [6.45, 7) is 0.452. The monoisotopic (exact) mass is 325 g/mol. The summed E-state index contributed by atoms with van der Waals surface area (Å²) >= 11 is 0. The van der Waals surface area contributed by atoms with E-state index in [1.54, 1.807) is 17.0 Å². The number of carbonyl (C=O) groups is 1. The third-order valence-corrected chi connectivity index (χ3v) is 4.43. The number of hydrogen-bond donors (Lipinski definition) is 1. The summed E-state index contributed by atoms with van der Waals surface area (Å²) < 4.78 is 18.7. The van der Waals surface area contributed by atoms with Gasteiger partial charge in [0.05, 0.1) is 18.8 Å². The molecule has 2 aliphatic heterocycles. The first kappa shape index (κ1) is 14.7. The molecule has 2 heterocycles. The molecule has 0 aromatic heterocycles. The minimum absolute atomic E-state index is 0.172. The number of methoxy groups -OCH3 is 1. The molecule has 5 nitrogen and oxygen atoms in total. The molecule has 122 valence electrons. The van der Waals surface area contributed by atoms with Gasteiger partial charge < -0.3 is 10.1 Å². The molecule has 2 aromatic rings. The Kier molecular flexibility index (Phi) is 3.45. The van der Waals surface area contributed by atoms with Crippen molar-refractivity contribution < 1.29 is 13.9 Å². The Morgan fingerprint density at radius 1 is 1.29 bits per heavy atom. The van der Waals surface area contributed by atoms with Crippen LogP contribution in [0.3, 0.4) is 0 Å². The van der Waals surface area contributed by atoms with Crippen LogP contribution in [-0.4, -0.2) is 25.9 Å². The van der Waals surface area contributed by atoms with Gasteiger partial charge in [0.2, 0.25) is 0 Å². The molecular formula is C18H16FN3O2. The third-order valence-electron chi connectivity index (χ3n) is 4.43. The molecule has 0 saturated carbocycles. The number of anilines is 1. The first-order chi connectivity index (χ1) is 11.7. The highest BCUT2D eigenvalue weighted by atomic mass is 19.1. The molecule has 24 heavy (non-hydrogen) atoms. The molecule has 0 aliphatic carbocycles. The van der Waals surface area contributed by atoms with Crippen molar-refractivity contribution in [1.82, 2.24) is 5.32 Å². The largest absolute Gasteiger partial charge is 0.494 e. The molecule has 2 amide bonds. The Balaban J connectivity index is 1.73. The van der Waals surface area contributed by atoms with Gasteiger partial charge in [0, 0.05) is 24.9 Å². The highest BCUT2D eigenvalue weighted by Gasteiger charge is 2.34. The number of halogens is 1. The number of urea groups is 1. The number of aliphatic imine (C=N–C) groups is 1. The quantitative estimate of drug-likeness (QED) is 0.941. The number of nitrogens with one attached hydrogen (secondary N) is 1. The van der Waals surface area contributed by atoms with E-state index in [2.05, 4.69) is 10.3 Å². The van der Waals surface area contributed by atoms with Gasteiger partial charge in [-0.15, -0.1) is 0 Å². The van der Waals surface area contributed by atoms with Crippen LogP contribution in [0.1, 0.15) is 17.2 Å². The number of ether oxygens (including phenoxy) is 1. The minimum atomic E-state index is -0.419. The van der Waals surface area contributed by atoms with Crippen molar-refractivity contribution in [3.63, 3.8) is 0 Å². The molecule has 0 bridgehead atoms. The number of carbonyl (C=O) groups excluding carboxylic acids is 1. The Hall–Kier alpha value is -2.89. The summed E-state index contributed by atoms with van der Waals surface area (Å²) in [6.07, 6.45) is 2.68. The molecule has 6 heteroatoms. The van der Waals surface area contributed by atoms with Gasteiger partial charge >= 0.3 is 6.03 Å². The number of fused-ring (bicyclic) bond motifs is 1. The Morgan fingerprint density at radius 2 is 2.17 bits per heavy atom. The summed E-state index contributed by atoms with van der Waals surface area (Å²) in [6, 6.07) is 10.1. The van der Waals surface area contributed by atoms with Crippen LogP contribution in [0.4, 0.5) is 20.6 Å². The first-order valence-electron chi connectivity index (χ1n) is 7.73.